The summed E-state index contributed by atoms with van der Waals surface area (Å²) in [6.07, 6.45) is 2.23. The first-order valence-electron chi connectivity index (χ1n) is 15.4. The predicted octanol–water partition coefficient (Wildman–Crippen LogP) is 4.64. The molecule has 0 fully saturated rings. The van der Waals surface area contributed by atoms with Crippen molar-refractivity contribution in [2.45, 2.75) is 130 Å². The molecule has 2 unspecified atom stereocenters. The van der Waals surface area contributed by atoms with Crippen molar-refractivity contribution in [3.8, 4) is 6.19 Å². The normalized spacial score (nSPS) is 13.3. The molecule has 0 radical (unpaired) electrons. The zero-order chi connectivity index (χ0) is 35.0. The summed E-state index contributed by atoms with van der Waals surface area (Å²) < 4.78 is 21.7. The number of nitriles is 1. The van der Waals surface area contributed by atoms with Gasteiger partial charge in [-0.15, -0.1) is 0 Å². The minimum atomic E-state index is -1.19. The topological polar surface area (TPSA) is 177 Å². The Balaban J connectivity index is 3.01. The van der Waals surface area contributed by atoms with Crippen molar-refractivity contribution >= 4 is 30.0 Å². The van der Waals surface area contributed by atoms with Crippen LogP contribution in [0.1, 0.15) is 100.0 Å². The number of nitrogens with zero attached hydrogens (tertiary/aromatic N) is 2. The molecule has 13 heteroatoms. The largest absolute Gasteiger partial charge is 0.460 e. The Bertz CT molecular complexity index is 1210. The van der Waals surface area contributed by atoms with E-state index in [1.807, 2.05) is 30.3 Å². The molecule has 1 rings (SSSR count). The Morgan fingerprint density at radius 1 is 0.826 bits per heavy atom. The Hall–Kier alpha value is -4.34. The number of guanidine groups is 1. The van der Waals surface area contributed by atoms with E-state index in [1.165, 1.54) is 0 Å². The van der Waals surface area contributed by atoms with Crippen LogP contribution < -0.4 is 16.0 Å². The van der Waals surface area contributed by atoms with Crippen molar-refractivity contribution < 1.29 is 38.1 Å². The van der Waals surface area contributed by atoms with Gasteiger partial charge in [-0.1, -0.05) is 30.3 Å². The number of benzene rings is 1. The summed E-state index contributed by atoms with van der Waals surface area (Å²) in [5.41, 5.74) is -1.48. The lowest BCUT2D eigenvalue weighted by Crippen LogP contribution is -2.49. The van der Waals surface area contributed by atoms with Crippen LogP contribution >= 0.6 is 0 Å². The van der Waals surface area contributed by atoms with Gasteiger partial charge in [0.15, 0.2) is 12.2 Å². The van der Waals surface area contributed by atoms with Crippen LogP contribution in [0.3, 0.4) is 0 Å². The number of esters is 3. The fourth-order valence-electron chi connectivity index (χ4n) is 3.79. The number of nitrogens with one attached hydrogen (secondary N) is 3. The Labute approximate surface area is 272 Å². The first-order valence-corrected chi connectivity index (χ1v) is 15.4. The minimum Gasteiger partial charge on any atom is -0.460 e. The summed E-state index contributed by atoms with van der Waals surface area (Å²) in [4.78, 5) is 55.0. The van der Waals surface area contributed by atoms with E-state index in [-0.39, 0.29) is 31.8 Å². The molecule has 256 valence electrons. The molecular weight excluding hydrogens is 594 g/mol. The second-order valence-electron chi connectivity index (χ2n) is 13.6. The molecule has 1 aromatic carbocycles. The van der Waals surface area contributed by atoms with E-state index in [4.69, 9.17) is 18.9 Å². The van der Waals surface area contributed by atoms with Gasteiger partial charge in [0.05, 0.1) is 0 Å². The van der Waals surface area contributed by atoms with Crippen molar-refractivity contribution in [2.75, 3.05) is 6.54 Å². The molecule has 1 amide bonds. The zero-order valence-electron chi connectivity index (χ0n) is 28.7. The van der Waals surface area contributed by atoms with Crippen molar-refractivity contribution in [2.24, 2.45) is 4.99 Å². The maximum Gasteiger partial charge on any atom is 0.407 e. The van der Waals surface area contributed by atoms with Gasteiger partial charge in [-0.05, 0) is 93.6 Å². The van der Waals surface area contributed by atoms with Gasteiger partial charge in [0.2, 0.25) is 5.96 Å². The maximum atomic E-state index is 13.2. The fourth-order valence-corrected chi connectivity index (χ4v) is 3.79. The van der Waals surface area contributed by atoms with Crippen LogP contribution in [0.5, 0.6) is 0 Å². The van der Waals surface area contributed by atoms with Crippen molar-refractivity contribution in [1.29, 1.82) is 5.26 Å². The lowest BCUT2D eigenvalue weighted by Gasteiger charge is -2.26. The van der Waals surface area contributed by atoms with Gasteiger partial charge < -0.3 is 29.6 Å². The quantitative estimate of drug-likeness (QED) is 0.0488. The highest BCUT2D eigenvalue weighted by atomic mass is 16.6. The molecule has 0 saturated heterocycles. The Morgan fingerprint density at radius 2 is 1.41 bits per heavy atom. The number of unbranched alkanes of at least 4 members (excludes halogenated alkanes) is 1. The van der Waals surface area contributed by atoms with E-state index < -0.39 is 52.9 Å². The zero-order valence-corrected chi connectivity index (χ0v) is 28.7. The van der Waals surface area contributed by atoms with Crippen LogP contribution in [-0.4, -0.2) is 65.4 Å². The number of carbonyl (C=O) groups is 4. The Morgan fingerprint density at radius 3 is 1.98 bits per heavy atom. The van der Waals surface area contributed by atoms with E-state index in [1.54, 1.807) is 68.5 Å². The third-order valence-electron chi connectivity index (χ3n) is 5.58. The van der Waals surface area contributed by atoms with Crippen molar-refractivity contribution in [3.63, 3.8) is 0 Å². The van der Waals surface area contributed by atoms with Crippen LogP contribution in [0.4, 0.5) is 4.79 Å². The van der Waals surface area contributed by atoms with Gasteiger partial charge in [-0.3, -0.25) is 10.1 Å². The summed E-state index contributed by atoms with van der Waals surface area (Å²) in [7, 11) is 0. The van der Waals surface area contributed by atoms with Gasteiger partial charge in [0.25, 0.3) is 0 Å². The van der Waals surface area contributed by atoms with Gasteiger partial charge in [-0.2, -0.15) is 5.26 Å². The molecule has 0 aliphatic heterocycles. The molecule has 0 aromatic heterocycles. The van der Waals surface area contributed by atoms with Crippen molar-refractivity contribution in [3.05, 3.63) is 35.9 Å². The lowest BCUT2D eigenvalue weighted by atomic mass is 10.1. The number of hydrogen-bond donors (Lipinski definition) is 3. The van der Waals surface area contributed by atoms with E-state index in [0.717, 1.165) is 5.56 Å². The van der Waals surface area contributed by atoms with Gasteiger partial charge in [-0.25, -0.2) is 19.4 Å². The van der Waals surface area contributed by atoms with E-state index in [9.17, 15) is 24.4 Å². The number of carbonyl (C=O) groups excluding carboxylic acids is 4. The summed E-state index contributed by atoms with van der Waals surface area (Å²) in [6, 6.07) is 7.14. The second-order valence-corrected chi connectivity index (χ2v) is 13.6. The number of rotatable bonds is 14. The molecule has 0 aliphatic rings. The molecular formula is C33H51N5O8. The lowest BCUT2D eigenvalue weighted by molar-refractivity contribution is -0.158. The van der Waals surface area contributed by atoms with Crippen LogP contribution in [0.2, 0.25) is 0 Å². The summed E-state index contributed by atoms with van der Waals surface area (Å²) in [5.74, 6) is -2.00. The highest BCUT2D eigenvalue weighted by Gasteiger charge is 2.30. The van der Waals surface area contributed by atoms with Gasteiger partial charge in [0.1, 0.15) is 29.5 Å². The predicted molar refractivity (Wildman–Crippen MR) is 172 cm³/mol. The molecule has 46 heavy (non-hydrogen) atoms. The van der Waals surface area contributed by atoms with E-state index >= 15 is 0 Å². The van der Waals surface area contributed by atoms with Crippen LogP contribution in [0.15, 0.2) is 35.3 Å². The summed E-state index contributed by atoms with van der Waals surface area (Å²) in [5, 5.41) is 17.4. The third kappa shape index (κ3) is 19.1. The van der Waals surface area contributed by atoms with Gasteiger partial charge in [0, 0.05) is 13.0 Å². The standard InChI is InChI=1S/C33H51N5O8/c1-31(2,3)44-26(39)19-18-25(28(41)46-33(7,8)9)38-29(36-22-34)37-24(27(40)45-32(4,5)6)17-13-14-20-35-30(42)43-21-23-15-11-10-12-16-23/h10-12,15-16,24-25H,13-14,17-21H2,1-9H3,(H,35,42)(H2,36,37,38). The summed E-state index contributed by atoms with van der Waals surface area (Å²) >= 11 is 0. The number of amides is 1. The maximum absolute atomic E-state index is 13.2. The third-order valence-corrected chi connectivity index (χ3v) is 5.58. The molecule has 2 atom stereocenters. The minimum absolute atomic E-state index is 0.0642. The SMILES string of the molecule is CC(C)(C)OC(=O)CCC(N=C(NC#N)NC(CCCCNC(=O)OCc1ccccc1)C(=O)OC(C)(C)C)C(=O)OC(C)(C)C. The molecule has 0 aliphatic carbocycles. The number of hydrogen-bond acceptors (Lipinski definition) is 10. The molecule has 3 N–H and O–H groups in total. The first-order chi connectivity index (χ1) is 21.3. The number of ether oxygens (including phenoxy) is 4. The van der Waals surface area contributed by atoms with Crippen LogP contribution in [-0.2, 0) is 39.9 Å². The van der Waals surface area contributed by atoms with Crippen molar-refractivity contribution in [1.82, 2.24) is 16.0 Å². The Kier molecular flexibility index (Phi) is 16.0. The average molecular weight is 646 g/mol. The van der Waals surface area contributed by atoms with Crippen LogP contribution in [0, 0.1) is 11.5 Å². The van der Waals surface area contributed by atoms with Gasteiger partial charge >= 0.3 is 24.0 Å². The molecule has 0 saturated carbocycles. The monoisotopic (exact) mass is 645 g/mol. The van der Waals surface area contributed by atoms with Crippen LogP contribution in [0.25, 0.3) is 0 Å². The molecule has 13 nitrogen and oxygen atoms in total. The second kappa shape index (κ2) is 18.6. The number of aliphatic imine (C=N–C) groups is 1. The first kappa shape index (κ1) is 39.7. The molecule has 0 spiro atoms. The highest BCUT2D eigenvalue weighted by molar-refractivity contribution is 5.89. The fraction of sp³-hybridized carbons (Fsp3) is 0.636. The average Bonchev–Trinajstić information content (AvgIpc) is 2.90. The number of alkyl carbamates (subject to hydrolysis) is 1. The van der Waals surface area contributed by atoms with E-state index in [0.29, 0.717) is 19.4 Å². The molecule has 0 heterocycles. The highest BCUT2D eigenvalue weighted by Crippen LogP contribution is 2.16. The molecule has 0 bridgehead atoms. The smallest absolute Gasteiger partial charge is 0.407 e. The molecule has 1 aromatic rings. The van der Waals surface area contributed by atoms with E-state index in [2.05, 4.69) is 20.9 Å². The summed E-state index contributed by atoms with van der Waals surface area (Å²) in [6.45, 7) is 15.9.